The number of nitrogen functional groups attached to an aromatic ring is 1. The van der Waals surface area contributed by atoms with Gasteiger partial charge < -0.3 is 16.2 Å². The Balaban J connectivity index is 2.05. The van der Waals surface area contributed by atoms with Crippen molar-refractivity contribution in [1.29, 1.82) is 0 Å². The van der Waals surface area contributed by atoms with Gasteiger partial charge in [0.25, 0.3) is 0 Å². The van der Waals surface area contributed by atoms with Crippen LogP contribution in [-0.2, 0) is 10.3 Å². The smallest absolute Gasteiger partial charge is 0.164 e. The molecule has 0 saturated heterocycles. The molecule has 0 aromatic heterocycles. The number of thioether (sulfide) groups is 1. The number of benzene rings is 1. The molecule has 1 aliphatic heterocycles. The predicted octanol–water partition coefficient (Wildman–Crippen LogP) is 2.62. The van der Waals surface area contributed by atoms with Crippen molar-refractivity contribution in [2.75, 3.05) is 18.9 Å². The molecule has 2 aliphatic rings. The third kappa shape index (κ3) is 2.27. The van der Waals surface area contributed by atoms with Crippen LogP contribution in [0.4, 0.5) is 14.5 Å². The number of nitrogens with zero attached hydrogens (tertiary/aromatic N) is 1. The standard InChI is InChI=1S/C15H19F2N3OS/c1-3-21-7-15-6-11(15)14(2,20-13(19)22-15)9-4-8(18)5-10(16)12(9)17/h4-5,11H,3,6-7,18H2,1-2H3,(H2,19,20)/t11-,14+,15+/m0/s1. The third-order valence-corrected chi connectivity index (χ3v) is 5.78. The van der Waals surface area contributed by atoms with Crippen molar-refractivity contribution in [3.8, 4) is 0 Å². The average Bonchev–Trinajstić information content (AvgIpc) is 3.16. The highest BCUT2D eigenvalue weighted by atomic mass is 32.2. The van der Waals surface area contributed by atoms with Gasteiger partial charge in [-0.2, -0.15) is 0 Å². The first kappa shape index (κ1) is 15.6. The van der Waals surface area contributed by atoms with E-state index in [0.717, 1.165) is 12.5 Å². The molecule has 0 unspecified atom stereocenters. The first-order valence-corrected chi connectivity index (χ1v) is 8.01. The predicted molar refractivity (Wildman–Crippen MR) is 84.7 cm³/mol. The zero-order valence-electron chi connectivity index (χ0n) is 12.5. The molecule has 4 nitrogen and oxygen atoms in total. The van der Waals surface area contributed by atoms with Crippen LogP contribution in [0, 0.1) is 17.6 Å². The van der Waals surface area contributed by atoms with E-state index >= 15 is 0 Å². The number of amidine groups is 1. The Kier molecular flexibility index (Phi) is 3.60. The molecule has 1 saturated carbocycles. The van der Waals surface area contributed by atoms with E-state index < -0.39 is 17.2 Å². The lowest BCUT2D eigenvalue weighted by atomic mass is 9.85. The van der Waals surface area contributed by atoms with Crippen molar-refractivity contribution in [3.63, 3.8) is 0 Å². The lowest BCUT2D eigenvalue weighted by Gasteiger charge is -2.34. The van der Waals surface area contributed by atoms with Crippen molar-refractivity contribution in [2.45, 2.75) is 30.6 Å². The van der Waals surface area contributed by atoms with Crippen molar-refractivity contribution in [2.24, 2.45) is 16.6 Å². The van der Waals surface area contributed by atoms with E-state index in [4.69, 9.17) is 16.2 Å². The maximum atomic E-state index is 14.3. The first-order valence-electron chi connectivity index (χ1n) is 7.19. The van der Waals surface area contributed by atoms with Crippen LogP contribution in [0.5, 0.6) is 0 Å². The van der Waals surface area contributed by atoms with E-state index in [2.05, 4.69) is 4.99 Å². The van der Waals surface area contributed by atoms with Gasteiger partial charge in [-0.25, -0.2) is 8.78 Å². The zero-order valence-corrected chi connectivity index (χ0v) is 13.3. The van der Waals surface area contributed by atoms with Gasteiger partial charge in [-0.15, -0.1) is 0 Å². The quantitative estimate of drug-likeness (QED) is 0.834. The number of hydrogen-bond donors (Lipinski definition) is 2. The maximum Gasteiger partial charge on any atom is 0.164 e. The average molecular weight is 327 g/mol. The van der Waals surface area contributed by atoms with Gasteiger partial charge in [0.2, 0.25) is 0 Å². The van der Waals surface area contributed by atoms with Gasteiger partial charge in [0.15, 0.2) is 16.8 Å². The van der Waals surface area contributed by atoms with E-state index in [-0.39, 0.29) is 21.9 Å². The summed E-state index contributed by atoms with van der Waals surface area (Å²) in [6, 6.07) is 2.43. The molecular formula is C15H19F2N3OS. The molecule has 3 atom stereocenters. The van der Waals surface area contributed by atoms with E-state index in [1.165, 1.54) is 17.8 Å². The summed E-state index contributed by atoms with van der Waals surface area (Å²) in [5.74, 6) is -1.82. The second kappa shape index (κ2) is 5.09. The Morgan fingerprint density at radius 1 is 1.41 bits per heavy atom. The Morgan fingerprint density at radius 2 is 2.14 bits per heavy atom. The molecule has 4 N–H and O–H groups in total. The number of nitrogens with two attached hydrogens (primary N) is 2. The highest BCUT2D eigenvalue weighted by molar-refractivity contribution is 8.15. The van der Waals surface area contributed by atoms with Crippen molar-refractivity contribution in [3.05, 3.63) is 29.3 Å². The maximum absolute atomic E-state index is 14.3. The van der Waals surface area contributed by atoms with Crippen LogP contribution in [-0.4, -0.2) is 23.1 Å². The SMILES string of the molecule is CCOC[C@]12C[C@H]1[C@@](C)(c1cc(N)cc(F)c1F)N=C(N)S2. The van der Waals surface area contributed by atoms with Gasteiger partial charge in [-0.1, -0.05) is 11.8 Å². The molecule has 0 radical (unpaired) electrons. The van der Waals surface area contributed by atoms with Crippen molar-refractivity contribution >= 4 is 22.6 Å². The minimum absolute atomic E-state index is 0.0412. The van der Waals surface area contributed by atoms with Gasteiger partial charge in [0.05, 0.1) is 16.9 Å². The van der Waals surface area contributed by atoms with Crippen molar-refractivity contribution in [1.82, 2.24) is 0 Å². The first-order chi connectivity index (χ1) is 10.3. The molecule has 1 fully saturated rings. The highest BCUT2D eigenvalue weighted by Crippen LogP contribution is 2.66. The highest BCUT2D eigenvalue weighted by Gasteiger charge is 2.66. The van der Waals surface area contributed by atoms with Gasteiger partial charge in [0, 0.05) is 23.8 Å². The van der Waals surface area contributed by atoms with E-state index in [1.807, 2.05) is 6.92 Å². The molecule has 1 aromatic carbocycles. The molecule has 22 heavy (non-hydrogen) atoms. The van der Waals surface area contributed by atoms with Crippen LogP contribution in [0.15, 0.2) is 17.1 Å². The van der Waals surface area contributed by atoms with E-state index in [9.17, 15) is 8.78 Å². The lowest BCUT2D eigenvalue weighted by Crippen LogP contribution is -2.38. The number of aliphatic imine (C=N–C) groups is 1. The summed E-state index contributed by atoms with van der Waals surface area (Å²) in [6.07, 6.45) is 0.800. The number of hydrogen-bond acceptors (Lipinski definition) is 5. The third-order valence-electron chi connectivity index (χ3n) is 4.50. The van der Waals surface area contributed by atoms with E-state index in [1.54, 1.807) is 6.92 Å². The normalized spacial score (nSPS) is 33.3. The van der Waals surface area contributed by atoms with Crippen LogP contribution in [0.25, 0.3) is 0 Å². The fourth-order valence-corrected chi connectivity index (χ4v) is 4.75. The fourth-order valence-electron chi connectivity index (χ4n) is 3.34. The summed E-state index contributed by atoms with van der Waals surface area (Å²) in [7, 11) is 0. The number of halogens is 2. The largest absolute Gasteiger partial charge is 0.399 e. The number of ether oxygens (including phenoxy) is 1. The molecule has 1 aromatic rings. The lowest BCUT2D eigenvalue weighted by molar-refractivity contribution is 0.137. The second-order valence-electron chi connectivity index (χ2n) is 6.02. The summed E-state index contributed by atoms with van der Waals surface area (Å²) >= 11 is 1.47. The van der Waals surface area contributed by atoms with Gasteiger partial charge in [-0.05, 0) is 32.4 Å². The minimum Gasteiger partial charge on any atom is -0.399 e. The summed E-state index contributed by atoms with van der Waals surface area (Å²) in [4.78, 5) is 4.44. The van der Waals surface area contributed by atoms with Gasteiger partial charge >= 0.3 is 0 Å². The molecule has 3 rings (SSSR count). The monoisotopic (exact) mass is 327 g/mol. The van der Waals surface area contributed by atoms with Gasteiger partial charge in [0.1, 0.15) is 0 Å². The molecule has 1 aliphatic carbocycles. The molecule has 0 spiro atoms. The Morgan fingerprint density at radius 3 is 2.82 bits per heavy atom. The van der Waals surface area contributed by atoms with E-state index in [0.29, 0.717) is 18.4 Å². The zero-order chi connectivity index (χ0) is 16.1. The van der Waals surface area contributed by atoms with Crippen LogP contribution < -0.4 is 11.5 Å². The topological polar surface area (TPSA) is 73.6 Å². The molecule has 120 valence electrons. The minimum atomic E-state index is -0.959. The Labute approximate surface area is 132 Å². The van der Waals surface area contributed by atoms with Crippen LogP contribution >= 0.6 is 11.8 Å². The number of rotatable bonds is 4. The Bertz CT molecular complexity index is 654. The van der Waals surface area contributed by atoms with Crippen molar-refractivity contribution < 1.29 is 13.5 Å². The molecule has 0 amide bonds. The molecule has 0 bridgehead atoms. The molecule has 7 heteroatoms. The summed E-state index contributed by atoms with van der Waals surface area (Å²) in [6.45, 7) is 4.83. The number of fused-ring (bicyclic) bond motifs is 1. The van der Waals surface area contributed by atoms with Crippen LogP contribution in [0.3, 0.4) is 0 Å². The summed E-state index contributed by atoms with van der Waals surface area (Å²) < 4.78 is 33.4. The second-order valence-corrected chi connectivity index (χ2v) is 7.46. The number of anilines is 1. The summed E-state index contributed by atoms with van der Waals surface area (Å²) in [5.41, 5.74) is 11.1. The Hall–Kier alpha value is -1.34. The summed E-state index contributed by atoms with van der Waals surface area (Å²) in [5, 5.41) is 0.373. The molecular weight excluding hydrogens is 308 g/mol. The van der Waals surface area contributed by atoms with Crippen LogP contribution in [0.1, 0.15) is 25.8 Å². The van der Waals surface area contributed by atoms with Crippen LogP contribution in [0.2, 0.25) is 0 Å². The van der Waals surface area contributed by atoms with Gasteiger partial charge in [-0.3, -0.25) is 4.99 Å². The molecule has 1 heterocycles. The fraction of sp³-hybridized carbons (Fsp3) is 0.533.